The van der Waals surface area contributed by atoms with Gasteiger partial charge in [0.05, 0.1) is 21.8 Å². The minimum atomic E-state index is -1.11. The summed E-state index contributed by atoms with van der Waals surface area (Å²) in [5, 5.41) is 12.2. The van der Waals surface area contributed by atoms with E-state index in [-0.39, 0.29) is 16.8 Å². The zero-order valence-electron chi connectivity index (χ0n) is 12.1. The Kier molecular flexibility index (Phi) is 4.68. The van der Waals surface area contributed by atoms with Crippen LogP contribution >= 0.6 is 11.6 Å². The molecule has 0 fully saturated rings. The van der Waals surface area contributed by atoms with E-state index in [1.54, 1.807) is 41.3 Å². The van der Waals surface area contributed by atoms with Crippen molar-refractivity contribution in [2.24, 2.45) is 0 Å². The fraction of sp³-hybridized carbons (Fsp3) is 0.125. The third-order valence-electron chi connectivity index (χ3n) is 3.12. The van der Waals surface area contributed by atoms with Crippen LogP contribution in [-0.2, 0) is 0 Å². The lowest BCUT2D eigenvalue weighted by Gasteiger charge is -2.15. The normalized spacial score (nSPS) is 10.1. The summed E-state index contributed by atoms with van der Waals surface area (Å²) in [5.74, 6) is -1.57. The number of carboxylic acid groups (broad SMARTS) is 1. The Labute approximate surface area is 133 Å². The number of nitrogens with zero attached hydrogens (tertiary/aromatic N) is 1. The fourth-order valence-corrected chi connectivity index (χ4v) is 2.15. The van der Waals surface area contributed by atoms with E-state index in [1.165, 1.54) is 6.07 Å². The molecule has 22 heavy (non-hydrogen) atoms. The van der Waals surface area contributed by atoms with Crippen LogP contribution in [0.15, 0.2) is 42.5 Å². The van der Waals surface area contributed by atoms with Gasteiger partial charge in [-0.05, 0) is 30.3 Å². The summed E-state index contributed by atoms with van der Waals surface area (Å²) >= 11 is 5.97. The quantitative estimate of drug-likeness (QED) is 0.907. The summed E-state index contributed by atoms with van der Waals surface area (Å²) in [5.41, 5.74) is 1.26. The molecule has 0 unspecified atom stereocenters. The number of benzene rings is 2. The first kappa shape index (κ1) is 15.9. The summed E-state index contributed by atoms with van der Waals surface area (Å²) in [7, 11) is 3.62. The lowest BCUT2D eigenvalue weighted by atomic mass is 10.1. The highest BCUT2D eigenvalue weighted by molar-refractivity contribution is 6.34. The van der Waals surface area contributed by atoms with Crippen LogP contribution in [0.2, 0.25) is 5.02 Å². The van der Waals surface area contributed by atoms with E-state index < -0.39 is 11.9 Å². The first-order valence-electron chi connectivity index (χ1n) is 6.50. The summed E-state index contributed by atoms with van der Waals surface area (Å²) < 4.78 is 0. The standard InChI is InChI=1S/C16H15ClN2O3/c1-19(2)10-7-8-14(12(9-10)16(21)22)18-15(20)11-5-3-4-6-13(11)17/h3-9H,1-2H3,(H,18,20)(H,21,22). The SMILES string of the molecule is CN(C)c1ccc(NC(=O)c2ccccc2Cl)c(C(=O)O)c1. The van der Waals surface area contributed by atoms with E-state index in [1.807, 2.05) is 14.1 Å². The van der Waals surface area contributed by atoms with Gasteiger partial charge in [-0.15, -0.1) is 0 Å². The number of hydrogen-bond acceptors (Lipinski definition) is 3. The maximum absolute atomic E-state index is 12.2. The number of aromatic carboxylic acids is 1. The minimum absolute atomic E-state index is 0.0200. The Morgan fingerprint density at radius 3 is 2.36 bits per heavy atom. The monoisotopic (exact) mass is 318 g/mol. The van der Waals surface area contributed by atoms with Crippen molar-refractivity contribution >= 4 is 34.9 Å². The second kappa shape index (κ2) is 6.49. The predicted octanol–water partition coefficient (Wildman–Crippen LogP) is 3.36. The molecule has 2 aromatic rings. The smallest absolute Gasteiger partial charge is 0.337 e. The molecular weight excluding hydrogens is 304 g/mol. The van der Waals surface area contributed by atoms with Gasteiger partial charge in [-0.25, -0.2) is 4.79 Å². The lowest BCUT2D eigenvalue weighted by molar-refractivity contribution is 0.0698. The van der Waals surface area contributed by atoms with Crippen molar-refractivity contribution in [3.8, 4) is 0 Å². The van der Waals surface area contributed by atoms with Crippen LogP contribution in [0.1, 0.15) is 20.7 Å². The van der Waals surface area contributed by atoms with Crippen LogP contribution in [0.25, 0.3) is 0 Å². The Hall–Kier alpha value is -2.53. The number of halogens is 1. The molecule has 1 amide bonds. The van der Waals surface area contributed by atoms with Gasteiger partial charge in [-0.2, -0.15) is 0 Å². The molecule has 2 N–H and O–H groups in total. The van der Waals surface area contributed by atoms with Crippen molar-refractivity contribution in [3.05, 3.63) is 58.6 Å². The molecule has 0 spiro atoms. The van der Waals surface area contributed by atoms with E-state index in [2.05, 4.69) is 5.32 Å². The average molecular weight is 319 g/mol. The molecule has 0 bridgehead atoms. The molecule has 2 rings (SSSR count). The number of anilines is 2. The second-order valence-corrected chi connectivity index (χ2v) is 5.27. The van der Waals surface area contributed by atoms with Crippen molar-refractivity contribution in [1.82, 2.24) is 0 Å². The van der Waals surface area contributed by atoms with E-state index in [9.17, 15) is 14.7 Å². The second-order valence-electron chi connectivity index (χ2n) is 4.86. The Balaban J connectivity index is 2.35. The zero-order valence-corrected chi connectivity index (χ0v) is 12.9. The Bertz CT molecular complexity index is 729. The van der Waals surface area contributed by atoms with Crippen molar-refractivity contribution in [2.75, 3.05) is 24.3 Å². The zero-order chi connectivity index (χ0) is 16.3. The van der Waals surface area contributed by atoms with Gasteiger partial charge >= 0.3 is 5.97 Å². The Morgan fingerprint density at radius 2 is 1.77 bits per heavy atom. The summed E-state index contributed by atoms with van der Waals surface area (Å²) in [6.45, 7) is 0. The molecule has 0 aliphatic heterocycles. The van der Waals surface area contributed by atoms with Gasteiger partial charge in [0.2, 0.25) is 0 Å². The maximum Gasteiger partial charge on any atom is 0.337 e. The third kappa shape index (κ3) is 3.38. The van der Waals surface area contributed by atoms with E-state index in [0.29, 0.717) is 5.02 Å². The molecule has 0 saturated carbocycles. The molecule has 0 atom stereocenters. The number of carboxylic acids is 1. The van der Waals surface area contributed by atoms with Crippen molar-refractivity contribution < 1.29 is 14.7 Å². The lowest BCUT2D eigenvalue weighted by Crippen LogP contribution is -2.16. The van der Waals surface area contributed by atoms with Crippen LogP contribution in [0, 0.1) is 0 Å². The molecule has 114 valence electrons. The van der Waals surface area contributed by atoms with E-state index in [0.717, 1.165) is 5.69 Å². The van der Waals surface area contributed by atoms with Gasteiger partial charge in [0.25, 0.3) is 5.91 Å². The predicted molar refractivity (Wildman–Crippen MR) is 87.1 cm³/mol. The van der Waals surface area contributed by atoms with Gasteiger partial charge < -0.3 is 15.3 Å². The maximum atomic E-state index is 12.2. The number of amides is 1. The third-order valence-corrected chi connectivity index (χ3v) is 3.45. The van der Waals surface area contributed by atoms with Crippen LogP contribution in [0.3, 0.4) is 0 Å². The van der Waals surface area contributed by atoms with Crippen LogP contribution in [-0.4, -0.2) is 31.1 Å². The number of nitrogens with one attached hydrogen (secondary N) is 1. The molecule has 0 radical (unpaired) electrons. The summed E-state index contributed by atoms with van der Waals surface area (Å²) in [4.78, 5) is 25.4. The largest absolute Gasteiger partial charge is 0.478 e. The highest BCUT2D eigenvalue weighted by Gasteiger charge is 2.16. The van der Waals surface area contributed by atoms with Gasteiger partial charge in [-0.1, -0.05) is 23.7 Å². The minimum Gasteiger partial charge on any atom is -0.478 e. The highest BCUT2D eigenvalue weighted by atomic mass is 35.5. The van der Waals surface area contributed by atoms with Gasteiger partial charge in [0.15, 0.2) is 0 Å². The molecule has 0 aliphatic rings. The van der Waals surface area contributed by atoms with Gasteiger partial charge in [-0.3, -0.25) is 4.79 Å². The molecule has 0 aliphatic carbocycles. The molecule has 2 aromatic carbocycles. The van der Waals surface area contributed by atoms with Crippen molar-refractivity contribution in [1.29, 1.82) is 0 Å². The molecule has 5 nitrogen and oxygen atoms in total. The fourth-order valence-electron chi connectivity index (χ4n) is 1.93. The Morgan fingerprint density at radius 1 is 1.09 bits per heavy atom. The summed E-state index contributed by atoms with van der Waals surface area (Å²) in [6.07, 6.45) is 0. The van der Waals surface area contributed by atoms with Crippen LogP contribution < -0.4 is 10.2 Å². The number of hydrogen-bond donors (Lipinski definition) is 2. The molecule has 0 heterocycles. The molecular formula is C16H15ClN2O3. The van der Waals surface area contributed by atoms with E-state index >= 15 is 0 Å². The van der Waals surface area contributed by atoms with Gasteiger partial charge in [0, 0.05) is 19.8 Å². The number of rotatable bonds is 4. The molecule has 6 heteroatoms. The van der Waals surface area contributed by atoms with E-state index in [4.69, 9.17) is 11.6 Å². The topological polar surface area (TPSA) is 69.6 Å². The number of carbonyl (C=O) groups excluding carboxylic acids is 1. The number of carbonyl (C=O) groups is 2. The first-order valence-corrected chi connectivity index (χ1v) is 6.88. The molecule has 0 aromatic heterocycles. The summed E-state index contributed by atoms with van der Waals surface area (Å²) in [6, 6.07) is 11.4. The average Bonchev–Trinajstić information content (AvgIpc) is 2.47. The van der Waals surface area contributed by atoms with Gasteiger partial charge in [0.1, 0.15) is 0 Å². The van der Waals surface area contributed by atoms with Crippen molar-refractivity contribution in [2.45, 2.75) is 0 Å². The first-order chi connectivity index (χ1) is 10.4. The van der Waals surface area contributed by atoms with Crippen molar-refractivity contribution in [3.63, 3.8) is 0 Å². The van der Waals surface area contributed by atoms with Crippen LogP contribution in [0.5, 0.6) is 0 Å². The highest BCUT2D eigenvalue weighted by Crippen LogP contribution is 2.24. The molecule has 0 saturated heterocycles. The van der Waals surface area contributed by atoms with Crippen LogP contribution in [0.4, 0.5) is 11.4 Å².